The maximum absolute atomic E-state index is 13.1. The second-order valence-corrected chi connectivity index (χ2v) is 7.58. The fourth-order valence-electron chi connectivity index (χ4n) is 4.12. The molecule has 0 radical (unpaired) electrons. The van der Waals surface area contributed by atoms with Crippen molar-refractivity contribution >= 4 is 5.78 Å². The van der Waals surface area contributed by atoms with Gasteiger partial charge in [-0.2, -0.15) is 0 Å². The molecule has 2 aromatic rings. The molecule has 1 N–H and O–H groups in total. The van der Waals surface area contributed by atoms with Crippen molar-refractivity contribution in [3.63, 3.8) is 0 Å². The first kappa shape index (κ1) is 20.2. The number of carbonyl (C=O) groups excluding carboxylic acids is 1. The first-order valence-electron chi connectivity index (χ1n) is 9.70. The van der Waals surface area contributed by atoms with Crippen LogP contribution >= 0.6 is 0 Å². The minimum atomic E-state index is -0.0336. The highest BCUT2D eigenvalue weighted by atomic mass is 16.5. The number of methoxy groups -OCH3 is 2. The number of aromatic hydroxyl groups is 1. The van der Waals surface area contributed by atoms with Crippen LogP contribution < -0.4 is 9.47 Å². The first-order valence-corrected chi connectivity index (χ1v) is 9.70. The number of phenolic OH excluding ortho intramolecular Hbond substituents is 1. The molecule has 1 atom stereocenters. The van der Waals surface area contributed by atoms with Crippen LogP contribution in [0.1, 0.15) is 39.9 Å². The third kappa shape index (κ3) is 4.30. The average molecular weight is 383 g/mol. The highest BCUT2D eigenvalue weighted by molar-refractivity contribution is 5.98. The molecule has 5 nitrogen and oxygen atoms in total. The Morgan fingerprint density at radius 2 is 1.86 bits per heavy atom. The third-order valence-corrected chi connectivity index (χ3v) is 5.51. The number of hydrogen-bond acceptors (Lipinski definition) is 5. The van der Waals surface area contributed by atoms with Crippen LogP contribution in [0.25, 0.3) is 0 Å². The lowest BCUT2D eigenvalue weighted by molar-refractivity contribution is 0.0810. The van der Waals surface area contributed by atoms with Gasteiger partial charge in [0.05, 0.1) is 14.2 Å². The molecule has 0 spiro atoms. The van der Waals surface area contributed by atoms with Gasteiger partial charge in [-0.15, -0.1) is 0 Å². The fraction of sp³-hybridized carbons (Fsp3) is 0.435. The molecule has 1 heterocycles. The summed E-state index contributed by atoms with van der Waals surface area (Å²) in [4.78, 5) is 15.4. The van der Waals surface area contributed by atoms with Crippen LogP contribution in [0.5, 0.6) is 17.2 Å². The number of carbonyl (C=O) groups is 1. The summed E-state index contributed by atoms with van der Waals surface area (Å²) in [6.45, 7) is 6.16. The number of ether oxygens (including phenoxy) is 2. The molecule has 0 amide bonds. The summed E-state index contributed by atoms with van der Waals surface area (Å²) in [5, 5.41) is 10.2. The van der Waals surface area contributed by atoms with Crippen molar-refractivity contribution in [2.24, 2.45) is 5.92 Å². The van der Waals surface area contributed by atoms with E-state index in [1.54, 1.807) is 26.4 Å². The molecule has 1 saturated heterocycles. The van der Waals surface area contributed by atoms with Gasteiger partial charge in [-0.1, -0.05) is 0 Å². The largest absolute Gasteiger partial charge is 0.508 e. The van der Waals surface area contributed by atoms with Gasteiger partial charge in [-0.05, 0) is 74.7 Å². The van der Waals surface area contributed by atoms with Gasteiger partial charge in [0.15, 0.2) is 5.78 Å². The number of nitrogens with zero attached hydrogens (tertiary/aromatic N) is 1. The van der Waals surface area contributed by atoms with E-state index in [9.17, 15) is 9.90 Å². The SMILES string of the molecule is COc1ccc(O)c(CN2CCCC(C(=O)c3cc(C)c(OC)c(C)c3)C2)c1. The lowest BCUT2D eigenvalue weighted by Gasteiger charge is -2.32. The molecule has 28 heavy (non-hydrogen) atoms. The van der Waals surface area contributed by atoms with Crippen molar-refractivity contribution in [1.82, 2.24) is 4.90 Å². The Balaban J connectivity index is 1.74. The standard InChI is InChI=1S/C23H29NO4/c1-15-10-18(11-16(2)23(15)28-4)22(26)17-6-5-9-24(13-17)14-19-12-20(27-3)7-8-21(19)25/h7-8,10-12,17,25H,5-6,9,13-14H2,1-4H3. The van der Waals surface area contributed by atoms with Crippen LogP contribution in [0.2, 0.25) is 0 Å². The van der Waals surface area contributed by atoms with Crippen molar-refractivity contribution < 1.29 is 19.4 Å². The number of ketones is 1. The van der Waals surface area contributed by atoms with Crippen LogP contribution in [-0.2, 0) is 6.54 Å². The predicted molar refractivity (Wildman–Crippen MR) is 109 cm³/mol. The lowest BCUT2D eigenvalue weighted by atomic mass is 9.88. The highest BCUT2D eigenvalue weighted by Gasteiger charge is 2.27. The van der Waals surface area contributed by atoms with Gasteiger partial charge in [-0.25, -0.2) is 0 Å². The summed E-state index contributed by atoms with van der Waals surface area (Å²) in [6.07, 6.45) is 1.86. The Bertz CT molecular complexity index is 839. The van der Waals surface area contributed by atoms with Crippen LogP contribution in [0, 0.1) is 19.8 Å². The summed E-state index contributed by atoms with van der Waals surface area (Å²) >= 11 is 0. The number of benzene rings is 2. The zero-order chi connectivity index (χ0) is 20.3. The number of hydrogen-bond donors (Lipinski definition) is 1. The van der Waals surface area contributed by atoms with E-state index in [1.165, 1.54) is 0 Å². The zero-order valence-corrected chi connectivity index (χ0v) is 17.1. The van der Waals surface area contributed by atoms with Gasteiger partial charge < -0.3 is 14.6 Å². The molecule has 0 aliphatic carbocycles. The molecule has 1 fully saturated rings. The molecular formula is C23H29NO4. The highest BCUT2D eigenvalue weighted by Crippen LogP contribution is 2.29. The van der Waals surface area contributed by atoms with E-state index >= 15 is 0 Å². The second-order valence-electron chi connectivity index (χ2n) is 7.58. The van der Waals surface area contributed by atoms with Crippen LogP contribution in [0.3, 0.4) is 0 Å². The van der Waals surface area contributed by atoms with E-state index in [1.807, 2.05) is 32.0 Å². The number of rotatable bonds is 6. The molecule has 150 valence electrons. The monoisotopic (exact) mass is 383 g/mol. The van der Waals surface area contributed by atoms with Crippen LogP contribution in [0.4, 0.5) is 0 Å². The van der Waals surface area contributed by atoms with Gasteiger partial charge in [0.25, 0.3) is 0 Å². The predicted octanol–water partition coefficient (Wildman–Crippen LogP) is 4.12. The van der Waals surface area contributed by atoms with Crippen LogP contribution in [-0.4, -0.2) is 43.1 Å². The minimum Gasteiger partial charge on any atom is -0.508 e. The Morgan fingerprint density at radius 3 is 2.50 bits per heavy atom. The summed E-state index contributed by atoms with van der Waals surface area (Å²) in [7, 11) is 3.27. The molecule has 0 saturated carbocycles. The van der Waals surface area contributed by atoms with Crippen LogP contribution in [0.15, 0.2) is 30.3 Å². The summed E-state index contributed by atoms with van der Waals surface area (Å²) in [6, 6.07) is 9.12. The van der Waals surface area contributed by atoms with Crippen molar-refractivity contribution in [3.8, 4) is 17.2 Å². The van der Waals surface area contributed by atoms with E-state index in [-0.39, 0.29) is 17.5 Å². The van der Waals surface area contributed by atoms with E-state index in [2.05, 4.69) is 4.90 Å². The maximum Gasteiger partial charge on any atom is 0.167 e. The number of aryl methyl sites for hydroxylation is 2. The Morgan fingerprint density at radius 1 is 1.14 bits per heavy atom. The molecule has 0 aromatic heterocycles. The Hall–Kier alpha value is -2.53. The van der Waals surface area contributed by atoms with E-state index in [0.717, 1.165) is 53.1 Å². The van der Waals surface area contributed by atoms with E-state index in [4.69, 9.17) is 9.47 Å². The van der Waals surface area contributed by atoms with Crippen molar-refractivity contribution in [1.29, 1.82) is 0 Å². The minimum absolute atomic E-state index is 0.0336. The molecule has 3 rings (SSSR count). The lowest BCUT2D eigenvalue weighted by Crippen LogP contribution is -2.38. The molecule has 1 aliphatic rings. The molecule has 0 bridgehead atoms. The Labute approximate surface area is 166 Å². The number of phenols is 1. The van der Waals surface area contributed by atoms with Gasteiger partial charge in [0.1, 0.15) is 17.2 Å². The molecular weight excluding hydrogens is 354 g/mol. The number of likely N-dealkylation sites (tertiary alicyclic amines) is 1. The van der Waals surface area contributed by atoms with E-state index in [0.29, 0.717) is 13.1 Å². The van der Waals surface area contributed by atoms with Crippen molar-refractivity contribution in [2.45, 2.75) is 33.2 Å². The van der Waals surface area contributed by atoms with Gasteiger partial charge in [-0.3, -0.25) is 9.69 Å². The van der Waals surface area contributed by atoms with Gasteiger partial charge >= 0.3 is 0 Å². The summed E-state index contributed by atoms with van der Waals surface area (Å²) in [5.74, 6) is 1.98. The second kappa shape index (κ2) is 8.65. The number of piperidine rings is 1. The fourth-order valence-corrected chi connectivity index (χ4v) is 4.12. The van der Waals surface area contributed by atoms with Crippen molar-refractivity contribution in [3.05, 3.63) is 52.6 Å². The summed E-state index contributed by atoms with van der Waals surface area (Å²) in [5.41, 5.74) is 3.55. The first-order chi connectivity index (χ1) is 13.4. The maximum atomic E-state index is 13.1. The normalized spacial score (nSPS) is 17.4. The zero-order valence-electron chi connectivity index (χ0n) is 17.1. The Kier molecular flexibility index (Phi) is 6.25. The number of Topliss-reactive ketones (excluding diaryl/α,β-unsaturated/α-hetero) is 1. The van der Waals surface area contributed by atoms with Gasteiger partial charge in [0, 0.05) is 30.1 Å². The third-order valence-electron chi connectivity index (χ3n) is 5.51. The van der Waals surface area contributed by atoms with E-state index < -0.39 is 0 Å². The van der Waals surface area contributed by atoms with Gasteiger partial charge in [0.2, 0.25) is 0 Å². The molecule has 5 heteroatoms. The topological polar surface area (TPSA) is 59.0 Å². The van der Waals surface area contributed by atoms with Crippen molar-refractivity contribution in [2.75, 3.05) is 27.3 Å². The smallest absolute Gasteiger partial charge is 0.167 e. The quantitative estimate of drug-likeness (QED) is 0.761. The molecule has 1 aliphatic heterocycles. The average Bonchev–Trinajstić information content (AvgIpc) is 2.69. The molecule has 2 aromatic carbocycles. The summed E-state index contributed by atoms with van der Waals surface area (Å²) < 4.78 is 10.7. The molecule has 1 unspecified atom stereocenters.